The Kier molecular flexibility index (Phi) is 12.1. The van der Waals surface area contributed by atoms with E-state index in [1.165, 1.54) is 24.3 Å². The molecule has 0 saturated carbocycles. The average molecular weight is 1620 g/mol. The van der Waals surface area contributed by atoms with Gasteiger partial charge in [-0.05, 0) is 99.7 Å². The van der Waals surface area contributed by atoms with Crippen LogP contribution in [0.25, 0.3) is 129 Å². The number of amides is 12. The van der Waals surface area contributed by atoms with Gasteiger partial charge in [-0.25, -0.2) is 0 Å². The second kappa shape index (κ2) is 19.9. The van der Waals surface area contributed by atoms with Crippen LogP contribution in [-0.2, 0) is 0 Å². The Hall–Kier alpha value is -9.88. The topological polar surface area (TPSA) is 277 Å². The van der Waals surface area contributed by atoms with Crippen LogP contribution >= 0.6 is 110 Å². The molecule has 0 radical (unpaired) electrons. The van der Waals surface area contributed by atoms with Crippen molar-refractivity contribution in [1.29, 1.82) is 0 Å². The Morgan fingerprint density at radius 3 is 0.602 bits per heavy atom. The van der Waals surface area contributed by atoms with E-state index in [4.69, 9.17) is 46.4 Å². The molecule has 6 aliphatic rings. The molecule has 0 aliphatic carbocycles. The lowest BCUT2D eigenvalue weighted by atomic mass is 9.82. The SMILES string of the molecule is O=C1NC(=O)c2cc(Br)c3c4ccc5c6c(cc(Br)c(c7ccc1c2c73)c64)C(=O)NC5=O.O=C1NC(=O)c2cc(Cl)c3c4c(Cl)cc5c6c(cc(Cl)c(c7c(Cl)cc1c2c73)c64)C(=O)NC5=O.O=C1NC(=O)c2ccc3c4c(Br)cc5c6c(cc(Br)c(c7ccc1c2c73)c64)C(=O)NC5=O. The number of fused-ring (bicyclic) bond motifs is 6. The van der Waals surface area contributed by atoms with Gasteiger partial charge in [0.1, 0.15) is 0 Å². The molecule has 0 saturated heterocycles. The largest absolute Gasteiger partial charge is 0.288 e. The Labute approximate surface area is 596 Å². The van der Waals surface area contributed by atoms with Gasteiger partial charge in [-0.3, -0.25) is 89.4 Å². The highest BCUT2D eigenvalue weighted by molar-refractivity contribution is 9.11. The van der Waals surface area contributed by atoms with E-state index in [9.17, 15) is 57.5 Å². The molecule has 15 aromatic rings. The summed E-state index contributed by atoms with van der Waals surface area (Å²) in [6.07, 6.45) is 0. The van der Waals surface area contributed by atoms with Crippen molar-refractivity contribution in [1.82, 2.24) is 31.9 Å². The highest BCUT2D eigenvalue weighted by Gasteiger charge is 2.39. The minimum absolute atomic E-state index is 0.192. The molecule has 0 fully saturated rings. The first kappa shape index (κ1) is 59.4. The number of halogens is 8. The van der Waals surface area contributed by atoms with E-state index >= 15 is 0 Å². The molecule has 98 heavy (non-hydrogen) atoms. The maximum absolute atomic E-state index is 12.7. The fourth-order valence-corrected chi connectivity index (χ4v) is 19.5. The van der Waals surface area contributed by atoms with Crippen molar-refractivity contribution < 1.29 is 57.5 Å². The van der Waals surface area contributed by atoms with Gasteiger partial charge in [-0.15, -0.1) is 0 Å². The first-order valence-corrected chi connectivity index (χ1v) is 33.9. The summed E-state index contributed by atoms with van der Waals surface area (Å²) in [7, 11) is 0. The van der Waals surface area contributed by atoms with Gasteiger partial charge < -0.3 is 0 Å². The maximum Gasteiger partial charge on any atom is 0.258 e. The molecule has 0 atom stereocenters. The molecule has 18 nitrogen and oxygen atoms in total. The van der Waals surface area contributed by atoms with E-state index in [0.29, 0.717) is 127 Å². The Bertz CT molecular complexity index is 6350. The molecule has 0 aromatic heterocycles. The summed E-state index contributed by atoms with van der Waals surface area (Å²) in [5.41, 5.74) is 4.30. The molecule has 0 spiro atoms. The van der Waals surface area contributed by atoms with Gasteiger partial charge in [0.15, 0.2) is 0 Å². The predicted molar refractivity (Wildman–Crippen MR) is 385 cm³/mol. The van der Waals surface area contributed by atoms with E-state index < -0.39 is 70.9 Å². The molecule has 15 aromatic carbocycles. The number of hydrogen-bond acceptors (Lipinski definition) is 12. The van der Waals surface area contributed by atoms with E-state index in [0.717, 1.165) is 64.6 Å². The summed E-state index contributed by atoms with van der Waals surface area (Å²) in [6.45, 7) is 0. The highest BCUT2D eigenvalue weighted by atomic mass is 79.9. The van der Waals surface area contributed by atoms with Crippen molar-refractivity contribution in [3.8, 4) is 0 Å². The summed E-state index contributed by atoms with van der Waals surface area (Å²) in [6, 6.07) is 27.1. The molecular formula is C72H22Br4Cl4N6O12. The third-order valence-electron chi connectivity index (χ3n) is 19.4. The van der Waals surface area contributed by atoms with Crippen LogP contribution in [0.1, 0.15) is 124 Å². The van der Waals surface area contributed by atoms with Crippen LogP contribution in [-0.4, -0.2) is 70.9 Å². The van der Waals surface area contributed by atoms with Crippen LogP contribution in [0.15, 0.2) is 115 Å². The number of benzene rings is 15. The summed E-state index contributed by atoms with van der Waals surface area (Å²) in [4.78, 5) is 151. The molecule has 6 N–H and O–H groups in total. The lowest BCUT2D eigenvalue weighted by Crippen LogP contribution is -2.35. The van der Waals surface area contributed by atoms with Gasteiger partial charge in [-0.1, -0.05) is 134 Å². The van der Waals surface area contributed by atoms with Gasteiger partial charge in [-0.2, -0.15) is 0 Å². The first-order valence-electron chi connectivity index (χ1n) is 29.2. The predicted octanol–water partition coefficient (Wildman–Crippen LogP) is 16.2. The van der Waals surface area contributed by atoms with E-state index in [1.54, 1.807) is 48.5 Å². The lowest BCUT2D eigenvalue weighted by Gasteiger charge is -2.26. The molecule has 26 heteroatoms. The molecule has 468 valence electrons. The summed E-state index contributed by atoms with van der Waals surface area (Å²) >= 11 is 41.4. The average Bonchev–Trinajstić information content (AvgIpc) is 0.690. The van der Waals surface area contributed by atoms with Gasteiger partial charge in [0.25, 0.3) is 70.9 Å². The molecule has 0 unspecified atom stereocenters. The first-order chi connectivity index (χ1) is 46.9. The van der Waals surface area contributed by atoms with Crippen molar-refractivity contribution in [2.45, 2.75) is 0 Å². The van der Waals surface area contributed by atoms with Crippen LogP contribution < -0.4 is 31.9 Å². The minimum atomic E-state index is -0.588. The zero-order valence-corrected chi connectivity index (χ0v) is 57.5. The second-order valence-corrected chi connectivity index (χ2v) is 29.1. The molecule has 0 bridgehead atoms. The van der Waals surface area contributed by atoms with Crippen molar-refractivity contribution in [2.24, 2.45) is 0 Å². The summed E-state index contributed by atoms with van der Waals surface area (Å²) in [5.74, 6) is -5.84. The minimum Gasteiger partial charge on any atom is -0.288 e. The standard InChI is InChI=1S/2C24H8Br2N2O4.C24H6Cl4N2O4/c25-13-5-12-16-10(22(30)28-24(12)32)4-2-8-18-14(26)6-11-15-9(21(29)27-23(11)31)3-1-7(19(15)18)17(13)20(8)16;25-13-5-11-17-12(24(32)28-23(11)31)6-14(26)19-8-2-4-10-16-9(21(29)27-22(10)30)3-1-7(15(8)16)18(13)20(17)19;25-9-1-5-13-6(22(32)29-21(5)31)2-11(27)17-18-12(28)4-8-14-7(23(33)30-24(8)34)3-10(26)16(20(14)18)15(9)19(13)17/h1-6H,(H,27,29,31)(H,28,30,32);1-6H,(H,27,29,30)(H,28,31,32);1-4H,(H,29,31,32)(H,30,33,34). The normalized spacial score (nSPS) is 15.3. The van der Waals surface area contributed by atoms with Crippen molar-refractivity contribution in [2.75, 3.05) is 0 Å². The van der Waals surface area contributed by atoms with Crippen LogP contribution in [0.5, 0.6) is 0 Å². The Morgan fingerprint density at radius 1 is 0.184 bits per heavy atom. The molecule has 6 aliphatic heterocycles. The fraction of sp³-hybridized carbons (Fsp3) is 0. The molecule has 21 rings (SSSR count). The van der Waals surface area contributed by atoms with Gasteiger partial charge >= 0.3 is 0 Å². The third-order valence-corrected chi connectivity index (χ3v) is 23.1. The number of rotatable bonds is 0. The van der Waals surface area contributed by atoms with Crippen LogP contribution in [0.4, 0.5) is 0 Å². The van der Waals surface area contributed by atoms with Gasteiger partial charge in [0.2, 0.25) is 0 Å². The van der Waals surface area contributed by atoms with E-state index in [1.807, 2.05) is 24.3 Å². The maximum atomic E-state index is 12.7. The number of imide groups is 6. The smallest absolute Gasteiger partial charge is 0.258 e. The molecule has 12 amide bonds. The Balaban J connectivity index is 0.000000103. The number of hydrogen-bond donors (Lipinski definition) is 6. The van der Waals surface area contributed by atoms with Crippen molar-refractivity contribution in [3.05, 3.63) is 202 Å². The third kappa shape index (κ3) is 7.41. The fourth-order valence-electron chi connectivity index (χ4n) is 15.8. The number of nitrogens with one attached hydrogen (secondary N) is 6. The monoisotopic (exact) mass is 1620 g/mol. The van der Waals surface area contributed by atoms with E-state index in [-0.39, 0.29) is 42.3 Å². The Morgan fingerprint density at radius 2 is 0.357 bits per heavy atom. The second-order valence-electron chi connectivity index (χ2n) is 24.1. The zero-order valence-electron chi connectivity index (χ0n) is 48.2. The summed E-state index contributed by atoms with van der Waals surface area (Å²) in [5, 5.41) is 30.6. The van der Waals surface area contributed by atoms with Crippen LogP contribution in [0, 0.1) is 0 Å². The quantitative estimate of drug-likeness (QED) is 0.0470. The molecular weight excluding hydrogens is 1600 g/mol. The number of carbonyl (C=O) groups is 12. The lowest BCUT2D eigenvalue weighted by molar-refractivity contribution is 0.0828. The summed E-state index contributed by atoms with van der Waals surface area (Å²) < 4.78 is 2.76. The molecule has 6 heterocycles. The van der Waals surface area contributed by atoms with Crippen LogP contribution in [0.2, 0.25) is 20.1 Å². The van der Waals surface area contributed by atoms with Gasteiger partial charge in [0, 0.05) is 207 Å². The van der Waals surface area contributed by atoms with Crippen molar-refractivity contribution in [3.63, 3.8) is 0 Å². The van der Waals surface area contributed by atoms with Crippen LogP contribution in [0.3, 0.4) is 0 Å². The van der Waals surface area contributed by atoms with Gasteiger partial charge in [0.05, 0.1) is 0 Å². The number of carbonyl (C=O) groups excluding carboxylic acids is 12. The highest BCUT2D eigenvalue weighted by Crippen LogP contribution is 2.55. The van der Waals surface area contributed by atoms with Crippen molar-refractivity contribution >= 4 is 310 Å². The van der Waals surface area contributed by atoms with E-state index in [2.05, 4.69) is 95.6 Å². The zero-order chi connectivity index (χ0) is 67.9.